The second-order valence-electron chi connectivity index (χ2n) is 4.20. The average molecular weight is 302 g/mol. The SMILES string of the molecule is COc1cccc(C(=O)COc2cc(Cl)ccc2C#N)c1. The average Bonchev–Trinajstić information content (AvgIpc) is 2.52. The van der Waals surface area contributed by atoms with Crippen molar-refractivity contribution >= 4 is 17.4 Å². The van der Waals surface area contributed by atoms with Gasteiger partial charge in [-0.1, -0.05) is 23.7 Å². The van der Waals surface area contributed by atoms with Gasteiger partial charge in [0.1, 0.15) is 17.6 Å². The van der Waals surface area contributed by atoms with Gasteiger partial charge >= 0.3 is 0 Å². The first kappa shape index (κ1) is 14.9. The Hall–Kier alpha value is -2.51. The summed E-state index contributed by atoms with van der Waals surface area (Å²) >= 11 is 5.85. The number of Topliss-reactive ketones (excluding diaryl/α,β-unsaturated/α-hetero) is 1. The van der Waals surface area contributed by atoms with Crippen LogP contribution in [0.2, 0.25) is 5.02 Å². The van der Waals surface area contributed by atoms with E-state index in [1.807, 2.05) is 6.07 Å². The minimum atomic E-state index is -0.210. The molecule has 21 heavy (non-hydrogen) atoms. The van der Waals surface area contributed by atoms with E-state index in [0.29, 0.717) is 27.6 Å². The summed E-state index contributed by atoms with van der Waals surface area (Å²) in [7, 11) is 1.53. The maximum Gasteiger partial charge on any atom is 0.200 e. The molecule has 0 radical (unpaired) electrons. The predicted molar refractivity (Wildman–Crippen MR) is 79.0 cm³/mol. The number of carbonyl (C=O) groups excluding carboxylic acids is 1. The normalized spacial score (nSPS) is 9.76. The van der Waals surface area contributed by atoms with Crippen molar-refractivity contribution in [2.45, 2.75) is 0 Å². The van der Waals surface area contributed by atoms with E-state index in [4.69, 9.17) is 26.3 Å². The Morgan fingerprint density at radius 1 is 1.29 bits per heavy atom. The molecule has 0 aliphatic heterocycles. The molecule has 0 N–H and O–H groups in total. The molecule has 0 atom stereocenters. The minimum absolute atomic E-state index is 0.178. The summed E-state index contributed by atoms with van der Waals surface area (Å²) in [5.74, 6) is 0.681. The van der Waals surface area contributed by atoms with E-state index in [9.17, 15) is 4.79 Å². The first-order valence-corrected chi connectivity index (χ1v) is 6.51. The molecule has 0 saturated carbocycles. The van der Waals surface area contributed by atoms with Crippen LogP contribution in [-0.2, 0) is 0 Å². The Labute approximate surface area is 127 Å². The van der Waals surface area contributed by atoms with Gasteiger partial charge in [-0.25, -0.2) is 0 Å². The second kappa shape index (κ2) is 6.78. The molecule has 5 heteroatoms. The quantitative estimate of drug-likeness (QED) is 0.793. The number of nitrogens with zero attached hydrogens (tertiary/aromatic N) is 1. The molecule has 106 valence electrons. The van der Waals surface area contributed by atoms with Crippen LogP contribution >= 0.6 is 11.6 Å². The summed E-state index contributed by atoms with van der Waals surface area (Å²) in [6, 6.07) is 13.4. The zero-order valence-electron chi connectivity index (χ0n) is 11.3. The summed E-state index contributed by atoms with van der Waals surface area (Å²) in [5, 5.41) is 9.43. The predicted octanol–water partition coefficient (Wildman–Crippen LogP) is 3.48. The standard InChI is InChI=1S/C16H12ClNO3/c1-20-14-4-2-3-11(7-14)15(19)10-21-16-8-13(17)6-5-12(16)9-18/h2-8H,10H2,1H3. The zero-order chi connectivity index (χ0) is 15.2. The van der Waals surface area contributed by atoms with Gasteiger partial charge in [0.05, 0.1) is 12.7 Å². The van der Waals surface area contributed by atoms with Gasteiger partial charge in [-0.05, 0) is 24.3 Å². The number of halogens is 1. The van der Waals surface area contributed by atoms with Crippen LogP contribution in [0, 0.1) is 11.3 Å². The number of hydrogen-bond acceptors (Lipinski definition) is 4. The van der Waals surface area contributed by atoms with Crippen LogP contribution in [0.5, 0.6) is 11.5 Å². The van der Waals surface area contributed by atoms with E-state index in [1.54, 1.807) is 36.4 Å². The molecule has 0 aromatic heterocycles. The number of benzene rings is 2. The number of methoxy groups -OCH3 is 1. The Balaban J connectivity index is 2.11. The van der Waals surface area contributed by atoms with Crippen molar-refractivity contribution in [3.05, 3.63) is 58.6 Å². The molecule has 0 fully saturated rings. The van der Waals surface area contributed by atoms with Crippen LogP contribution in [0.25, 0.3) is 0 Å². The molecule has 0 aliphatic rings. The fourth-order valence-electron chi connectivity index (χ4n) is 1.73. The number of ketones is 1. The first-order valence-electron chi connectivity index (χ1n) is 6.13. The fourth-order valence-corrected chi connectivity index (χ4v) is 1.89. The lowest BCUT2D eigenvalue weighted by Gasteiger charge is -2.08. The van der Waals surface area contributed by atoms with Crippen LogP contribution in [-0.4, -0.2) is 19.5 Å². The lowest BCUT2D eigenvalue weighted by atomic mass is 10.1. The highest BCUT2D eigenvalue weighted by Gasteiger charge is 2.10. The fraction of sp³-hybridized carbons (Fsp3) is 0.125. The van der Waals surface area contributed by atoms with Gasteiger partial charge in [0.15, 0.2) is 12.4 Å². The zero-order valence-corrected chi connectivity index (χ0v) is 12.1. The summed E-state index contributed by atoms with van der Waals surface area (Å²) in [4.78, 5) is 12.1. The Morgan fingerprint density at radius 2 is 2.10 bits per heavy atom. The summed E-state index contributed by atoms with van der Waals surface area (Å²) in [6.45, 7) is -0.178. The molecule has 0 saturated heterocycles. The van der Waals surface area contributed by atoms with Gasteiger partial charge in [0.2, 0.25) is 0 Å². The van der Waals surface area contributed by atoms with E-state index in [0.717, 1.165) is 0 Å². The highest BCUT2D eigenvalue weighted by atomic mass is 35.5. The van der Waals surface area contributed by atoms with Crippen molar-refractivity contribution in [2.75, 3.05) is 13.7 Å². The molecule has 2 aromatic rings. The minimum Gasteiger partial charge on any atom is -0.497 e. The number of carbonyl (C=O) groups is 1. The van der Waals surface area contributed by atoms with Crippen LogP contribution < -0.4 is 9.47 Å². The summed E-state index contributed by atoms with van der Waals surface area (Å²) < 4.78 is 10.5. The lowest BCUT2D eigenvalue weighted by molar-refractivity contribution is 0.0921. The van der Waals surface area contributed by atoms with Crippen LogP contribution in [0.3, 0.4) is 0 Å². The van der Waals surface area contributed by atoms with Gasteiger partial charge < -0.3 is 9.47 Å². The molecule has 0 spiro atoms. The Bertz CT molecular complexity index is 707. The molecule has 0 heterocycles. The monoisotopic (exact) mass is 301 g/mol. The summed E-state index contributed by atoms with van der Waals surface area (Å²) in [6.07, 6.45) is 0. The van der Waals surface area contributed by atoms with Gasteiger partial charge in [-0.3, -0.25) is 4.79 Å². The van der Waals surface area contributed by atoms with E-state index in [-0.39, 0.29) is 12.4 Å². The molecule has 0 aliphatic carbocycles. The van der Waals surface area contributed by atoms with Crippen LogP contribution in [0.15, 0.2) is 42.5 Å². The number of hydrogen-bond donors (Lipinski definition) is 0. The van der Waals surface area contributed by atoms with Crippen molar-refractivity contribution in [1.82, 2.24) is 0 Å². The molecule has 0 amide bonds. The lowest BCUT2D eigenvalue weighted by Crippen LogP contribution is -2.12. The molecule has 2 aromatic carbocycles. The van der Waals surface area contributed by atoms with Crippen molar-refractivity contribution in [1.29, 1.82) is 5.26 Å². The van der Waals surface area contributed by atoms with Crippen LogP contribution in [0.4, 0.5) is 0 Å². The van der Waals surface area contributed by atoms with Gasteiger partial charge in [0, 0.05) is 16.7 Å². The summed E-state index contributed by atoms with van der Waals surface area (Å²) in [5.41, 5.74) is 0.813. The largest absolute Gasteiger partial charge is 0.497 e. The Kier molecular flexibility index (Phi) is 4.81. The van der Waals surface area contributed by atoms with E-state index in [1.165, 1.54) is 13.2 Å². The van der Waals surface area contributed by atoms with Gasteiger partial charge in [-0.2, -0.15) is 5.26 Å². The van der Waals surface area contributed by atoms with Crippen molar-refractivity contribution in [3.8, 4) is 17.6 Å². The van der Waals surface area contributed by atoms with Gasteiger partial charge in [-0.15, -0.1) is 0 Å². The number of ether oxygens (including phenoxy) is 2. The van der Waals surface area contributed by atoms with Crippen LogP contribution in [0.1, 0.15) is 15.9 Å². The first-order chi connectivity index (χ1) is 10.1. The third kappa shape index (κ3) is 3.74. The Morgan fingerprint density at radius 3 is 2.81 bits per heavy atom. The van der Waals surface area contributed by atoms with Crippen molar-refractivity contribution in [2.24, 2.45) is 0 Å². The number of nitriles is 1. The highest BCUT2D eigenvalue weighted by molar-refractivity contribution is 6.30. The molecular weight excluding hydrogens is 290 g/mol. The maximum absolute atomic E-state index is 12.1. The third-order valence-electron chi connectivity index (χ3n) is 2.81. The van der Waals surface area contributed by atoms with Crippen molar-refractivity contribution in [3.63, 3.8) is 0 Å². The molecule has 0 unspecified atom stereocenters. The van der Waals surface area contributed by atoms with Gasteiger partial charge in [0.25, 0.3) is 0 Å². The van der Waals surface area contributed by atoms with E-state index < -0.39 is 0 Å². The van der Waals surface area contributed by atoms with E-state index >= 15 is 0 Å². The van der Waals surface area contributed by atoms with Crippen molar-refractivity contribution < 1.29 is 14.3 Å². The second-order valence-corrected chi connectivity index (χ2v) is 4.63. The molecule has 4 nitrogen and oxygen atoms in total. The topological polar surface area (TPSA) is 59.3 Å². The molecule has 0 bridgehead atoms. The maximum atomic E-state index is 12.1. The highest BCUT2D eigenvalue weighted by Crippen LogP contribution is 2.23. The smallest absolute Gasteiger partial charge is 0.200 e. The number of rotatable bonds is 5. The molecule has 2 rings (SSSR count). The van der Waals surface area contributed by atoms with E-state index in [2.05, 4.69) is 0 Å². The molecular formula is C16H12ClNO3. The third-order valence-corrected chi connectivity index (χ3v) is 3.05.